The average molecular weight is 368 g/mol. The molecule has 0 spiro atoms. The molecule has 0 bridgehead atoms. The molecule has 1 rings (SSSR count). The fourth-order valence-corrected chi connectivity index (χ4v) is 2.89. The molecule has 0 unspecified atom stereocenters. The van der Waals surface area contributed by atoms with Gasteiger partial charge in [-0.2, -0.15) is 4.31 Å². The number of rotatable bonds is 7. The molecule has 1 aromatic rings. The first-order valence-electron chi connectivity index (χ1n) is 6.45. The molecule has 9 heteroatoms. The van der Waals surface area contributed by atoms with Crippen LogP contribution in [0.2, 0.25) is 10.0 Å². The molecule has 0 aliphatic rings. The highest BCUT2D eigenvalue weighted by molar-refractivity contribution is 7.88. The second-order valence-corrected chi connectivity index (χ2v) is 7.84. The van der Waals surface area contributed by atoms with Gasteiger partial charge in [0.25, 0.3) is 0 Å². The molecule has 0 aromatic heterocycles. The summed E-state index contributed by atoms with van der Waals surface area (Å²) in [5.41, 5.74) is 0.275. The first-order valence-corrected chi connectivity index (χ1v) is 9.05. The van der Waals surface area contributed by atoms with Crippen molar-refractivity contribution in [2.75, 3.05) is 45.3 Å². The van der Waals surface area contributed by atoms with Crippen LogP contribution in [0.15, 0.2) is 18.2 Å². The standard InChI is InChI=1S/C13H19Cl2N3O3S/c1-17(2)7-8-18(22(3,20)21)9-12(19)16-13-10(14)5-4-6-11(13)15/h4-6H,7-9H2,1-3H3,(H,16,19). The lowest BCUT2D eigenvalue weighted by atomic mass is 10.3. The van der Waals surface area contributed by atoms with E-state index in [-0.39, 0.29) is 18.8 Å². The first kappa shape index (κ1) is 19.2. The van der Waals surface area contributed by atoms with Gasteiger partial charge in [-0.1, -0.05) is 29.3 Å². The van der Waals surface area contributed by atoms with Crippen molar-refractivity contribution in [1.82, 2.24) is 9.21 Å². The Morgan fingerprint density at radius 2 is 1.73 bits per heavy atom. The van der Waals surface area contributed by atoms with Gasteiger partial charge in [0.2, 0.25) is 15.9 Å². The van der Waals surface area contributed by atoms with Crippen LogP contribution < -0.4 is 5.32 Å². The van der Waals surface area contributed by atoms with Gasteiger partial charge < -0.3 is 10.2 Å². The SMILES string of the molecule is CN(C)CCN(CC(=O)Nc1c(Cl)cccc1Cl)S(C)(=O)=O. The van der Waals surface area contributed by atoms with E-state index in [1.54, 1.807) is 18.2 Å². The molecule has 6 nitrogen and oxygen atoms in total. The number of nitrogens with zero attached hydrogens (tertiary/aromatic N) is 2. The number of carbonyl (C=O) groups excluding carboxylic acids is 1. The number of likely N-dealkylation sites (N-methyl/N-ethyl adjacent to an activating group) is 1. The van der Waals surface area contributed by atoms with E-state index in [9.17, 15) is 13.2 Å². The Hall–Kier alpha value is -0.860. The van der Waals surface area contributed by atoms with Gasteiger partial charge in [-0.05, 0) is 26.2 Å². The van der Waals surface area contributed by atoms with Crippen LogP contribution in [-0.2, 0) is 14.8 Å². The number of carbonyl (C=O) groups is 1. The zero-order chi connectivity index (χ0) is 16.9. The molecule has 124 valence electrons. The Balaban J connectivity index is 2.79. The molecule has 0 saturated carbocycles. The minimum absolute atomic E-state index is 0.218. The van der Waals surface area contributed by atoms with E-state index in [4.69, 9.17) is 23.2 Å². The van der Waals surface area contributed by atoms with Crippen molar-refractivity contribution in [1.29, 1.82) is 0 Å². The summed E-state index contributed by atoms with van der Waals surface area (Å²) in [5.74, 6) is -0.501. The fraction of sp³-hybridized carbons (Fsp3) is 0.462. The normalized spacial score (nSPS) is 12.0. The van der Waals surface area contributed by atoms with Crippen molar-refractivity contribution in [2.45, 2.75) is 0 Å². The van der Waals surface area contributed by atoms with Crippen molar-refractivity contribution in [2.24, 2.45) is 0 Å². The van der Waals surface area contributed by atoms with Crippen LogP contribution >= 0.6 is 23.2 Å². The number of halogens is 2. The average Bonchev–Trinajstić information content (AvgIpc) is 2.37. The minimum atomic E-state index is -3.49. The van der Waals surface area contributed by atoms with Crippen LogP contribution in [0.4, 0.5) is 5.69 Å². The van der Waals surface area contributed by atoms with Gasteiger partial charge in [0, 0.05) is 13.1 Å². The lowest BCUT2D eigenvalue weighted by Gasteiger charge is -2.21. The van der Waals surface area contributed by atoms with Crippen molar-refractivity contribution in [3.63, 3.8) is 0 Å². The lowest BCUT2D eigenvalue weighted by molar-refractivity contribution is -0.116. The Morgan fingerprint density at radius 3 is 2.18 bits per heavy atom. The molecule has 0 saturated heterocycles. The molecule has 22 heavy (non-hydrogen) atoms. The molecular weight excluding hydrogens is 349 g/mol. The summed E-state index contributed by atoms with van der Waals surface area (Å²) in [6.45, 7) is 0.428. The second kappa shape index (κ2) is 8.12. The van der Waals surface area contributed by atoms with Crippen molar-refractivity contribution in [3.05, 3.63) is 28.2 Å². The monoisotopic (exact) mass is 367 g/mol. The maximum atomic E-state index is 12.1. The molecule has 0 fully saturated rings. The Morgan fingerprint density at radius 1 is 1.18 bits per heavy atom. The third kappa shape index (κ3) is 6.10. The summed E-state index contributed by atoms with van der Waals surface area (Å²) < 4.78 is 24.6. The second-order valence-electron chi connectivity index (χ2n) is 5.04. The molecule has 0 heterocycles. The van der Waals surface area contributed by atoms with Crippen molar-refractivity contribution < 1.29 is 13.2 Å². The quantitative estimate of drug-likeness (QED) is 0.796. The van der Waals surface area contributed by atoms with Crippen molar-refractivity contribution >= 4 is 44.8 Å². The highest BCUT2D eigenvalue weighted by Crippen LogP contribution is 2.29. The number of benzene rings is 1. The van der Waals surface area contributed by atoms with E-state index >= 15 is 0 Å². The predicted octanol–water partition coefficient (Wildman–Crippen LogP) is 1.76. The van der Waals surface area contributed by atoms with Crippen LogP contribution in [0.25, 0.3) is 0 Å². The summed E-state index contributed by atoms with van der Waals surface area (Å²) in [6.07, 6.45) is 1.07. The molecule has 0 aliphatic heterocycles. The summed E-state index contributed by atoms with van der Waals surface area (Å²) in [7, 11) is 0.159. The topological polar surface area (TPSA) is 69.7 Å². The van der Waals surface area contributed by atoms with E-state index < -0.39 is 15.9 Å². The van der Waals surface area contributed by atoms with E-state index in [0.29, 0.717) is 16.6 Å². The maximum Gasteiger partial charge on any atom is 0.239 e. The van der Waals surface area contributed by atoms with Gasteiger partial charge in [-0.15, -0.1) is 0 Å². The number of sulfonamides is 1. The smallest absolute Gasteiger partial charge is 0.239 e. The van der Waals surface area contributed by atoms with Gasteiger partial charge in [-0.3, -0.25) is 4.79 Å². The minimum Gasteiger partial charge on any atom is -0.322 e. The third-order valence-corrected chi connectivity index (χ3v) is 4.69. The van der Waals surface area contributed by atoms with Crippen LogP contribution in [0, 0.1) is 0 Å². The van der Waals surface area contributed by atoms with E-state index in [2.05, 4.69) is 5.32 Å². The predicted molar refractivity (Wildman–Crippen MR) is 90.1 cm³/mol. The largest absolute Gasteiger partial charge is 0.322 e. The summed E-state index contributed by atoms with van der Waals surface area (Å²) in [6, 6.07) is 4.83. The zero-order valence-electron chi connectivity index (χ0n) is 12.6. The van der Waals surface area contributed by atoms with Crippen LogP contribution in [0.1, 0.15) is 0 Å². The molecule has 0 radical (unpaired) electrons. The molecule has 1 N–H and O–H groups in total. The molecule has 0 aliphatic carbocycles. The highest BCUT2D eigenvalue weighted by Gasteiger charge is 2.21. The van der Waals surface area contributed by atoms with Gasteiger partial charge in [0.05, 0.1) is 28.5 Å². The van der Waals surface area contributed by atoms with Gasteiger partial charge >= 0.3 is 0 Å². The Labute approximate surface area is 141 Å². The number of nitrogens with one attached hydrogen (secondary N) is 1. The number of amides is 1. The molecule has 1 aromatic carbocycles. The lowest BCUT2D eigenvalue weighted by Crippen LogP contribution is -2.41. The Kier molecular flexibility index (Phi) is 7.08. The van der Waals surface area contributed by atoms with Gasteiger partial charge in [0.1, 0.15) is 0 Å². The maximum absolute atomic E-state index is 12.1. The summed E-state index contributed by atoms with van der Waals surface area (Å²) in [5, 5.41) is 3.13. The van der Waals surface area contributed by atoms with E-state index in [1.807, 2.05) is 19.0 Å². The van der Waals surface area contributed by atoms with E-state index in [1.165, 1.54) is 0 Å². The fourth-order valence-electron chi connectivity index (χ4n) is 1.63. The molecular formula is C13H19Cl2N3O3S. The molecule has 1 amide bonds. The van der Waals surface area contributed by atoms with Gasteiger partial charge in [-0.25, -0.2) is 8.42 Å². The Bertz CT molecular complexity index is 615. The number of hydrogen-bond donors (Lipinski definition) is 1. The number of anilines is 1. The van der Waals surface area contributed by atoms with Crippen LogP contribution in [0.3, 0.4) is 0 Å². The van der Waals surface area contributed by atoms with Gasteiger partial charge in [0.15, 0.2) is 0 Å². The first-order chi connectivity index (χ1) is 10.1. The summed E-state index contributed by atoms with van der Waals surface area (Å²) >= 11 is 11.9. The number of para-hydroxylation sites is 1. The summed E-state index contributed by atoms with van der Waals surface area (Å²) in [4.78, 5) is 13.9. The highest BCUT2D eigenvalue weighted by atomic mass is 35.5. The van der Waals surface area contributed by atoms with Crippen molar-refractivity contribution in [3.8, 4) is 0 Å². The van der Waals surface area contributed by atoms with Crippen LogP contribution in [0.5, 0.6) is 0 Å². The van der Waals surface area contributed by atoms with E-state index in [0.717, 1.165) is 10.6 Å². The third-order valence-electron chi connectivity index (χ3n) is 2.81. The molecule has 0 atom stereocenters. The number of hydrogen-bond acceptors (Lipinski definition) is 4. The zero-order valence-corrected chi connectivity index (χ0v) is 15.0. The van der Waals surface area contributed by atoms with Crippen LogP contribution in [-0.4, -0.2) is 63.5 Å².